The van der Waals surface area contributed by atoms with Crippen molar-refractivity contribution in [2.75, 3.05) is 0 Å². The van der Waals surface area contributed by atoms with Gasteiger partial charge in [-0.2, -0.15) is 0 Å². The van der Waals surface area contributed by atoms with E-state index in [1.165, 1.54) is 5.56 Å². The molecule has 0 saturated carbocycles. The summed E-state index contributed by atoms with van der Waals surface area (Å²) >= 11 is 0. The van der Waals surface area contributed by atoms with Crippen LogP contribution in [0.15, 0.2) is 71.7 Å². The molecule has 4 rings (SSSR count). The summed E-state index contributed by atoms with van der Waals surface area (Å²) in [5.41, 5.74) is 4.19. The van der Waals surface area contributed by atoms with E-state index >= 15 is 0 Å². The third-order valence-corrected chi connectivity index (χ3v) is 4.31. The van der Waals surface area contributed by atoms with Gasteiger partial charge in [0.2, 0.25) is 0 Å². The quantitative estimate of drug-likeness (QED) is 0.370. The summed E-state index contributed by atoms with van der Waals surface area (Å²) < 4.78 is 2.10. The molecule has 0 radical (unpaired) electrons. The van der Waals surface area contributed by atoms with Crippen LogP contribution in [0.3, 0.4) is 0 Å². The Bertz CT molecular complexity index is 1070. The number of aromatic hydroxyl groups is 1. The predicted octanol–water partition coefficient (Wildman–Crippen LogP) is 5.41. The molecule has 0 aliphatic rings. The Morgan fingerprint density at radius 3 is 2.38 bits per heavy atom. The Kier molecular flexibility index (Phi) is 3.35. The fourth-order valence-corrected chi connectivity index (χ4v) is 3.16. The lowest BCUT2D eigenvalue weighted by atomic mass is 10.1. The highest BCUT2D eigenvalue weighted by Gasteiger charge is 2.12. The van der Waals surface area contributed by atoms with E-state index in [4.69, 9.17) is 4.99 Å². The molecule has 1 N–H and O–H groups in total. The van der Waals surface area contributed by atoms with Crippen molar-refractivity contribution >= 4 is 33.3 Å². The summed E-state index contributed by atoms with van der Waals surface area (Å²) in [6.45, 7) is 4.06. The van der Waals surface area contributed by atoms with Crippen LogP contribution in [0.4, 0.5) is 5.69 Å². The van der Waals surface area contributed by atoms with E-state index < -0.39 is 0 Å². The number of hydrogen-bond donors (Lipinski definition) is 1. The first-order chi connectivity index (χ1) is 11.6. The summed E-state index contributed by atoms with van der Waals surface area (Å²) in [6, 6.07) is 21.9. The second-order valence-corrected chi connectivity index (χ2v) is 6.05. The van der Waals surface area contributed by atoms with E-state index in [1.54, 1.807) is 12.1 Å². The summed E-state index contributed by atoms with van der Waals surface area (Å²) in [5, 5.41) is 12.2. The van der Waals surface area contributed by atoms with E-state index in [0.29, 0.717) is 0 Å². The number of rotatable bonds is 1. The normalized spacial score (nSPS) is 12.2. The highest BCUT2D eigenvalue weighted by molar-refractivity contribution is 6.14. The third kappa shape index (κ3) is 2.35. The number of phenols is 1. The van der Waals surface area contributed by atoms with Gasteiger partial charge in [-0.3, -0.25) is 4.57 Å². The summed E-state index contributed by atoms with van der Waals surface area (Å²) in [5.74, 6) is 1.13. The molecule has 1 aromatic heterocycles. The Balaban J connectivity index is 2.00. The van der Waals surface area contributed by atoms with Crippen molar-refractivity contribution in [2.45, 2.75) is 13.8 Å². The van der Waals surface area contributed by atoms with E-state index in [2.05, 4.69) is 35.8 Å². The highest BCUT2D eigenvalue weighted by Crippen LogP contribution is 2.31. The molecule has 3 aromatic carbocycles. The first-order valence-corrected chi connectivity index (χ1v) is 7.98. The van der Waals surface area contributed by atoms with E-state index in [0.717, 1.165) is 33.3 Å². The van der Waals surface area contributed by atoms with Crippen LogP contribution in [0, 0.1) is 6.92 Å². The third-order valence-electron chi connectivity index (χ3n) is 4.31. The lowest BCUT2D eigenvalue weighted by Crippen LogP contribution is -2.06. The number of phenolic OH excluding ortho intramolecular Hbond substituents is 1. The number of aryl methyl sites for hydroxylation is 1. The lowest BCUT2D eigenvalue weighted by molar-refractivity contribution is 0.476. The number of fused-ring (bicyclic) bond motifs is 3. The average molecular weight is 314 g/mol. The number of hydrogen-bond acceptors (Lipinski definition) is 2. The van der Waals surface area contributed by atoms with Gasteiger partial charge in [-0.25, -0.2) is 4.99 Å². The van der Waals surface area contributed by atoms with Crippen LogP contribution in [0.2, 0.25) is 0 Å². The zero-order chi connectivity index (χ0) is 16.7. The minimum Gasteiger partial charge on any atom is -0.508 e. The molecule has 24 heavy (non-hydrogen) atoms. The molecule has 0 fully saturated rings. The van der Waals surface area contributed by atoms with E-state index in [-0.39, 0.29) is 5.75 Å². The van der Waals surface area contributed by atoms with Crippen molar-refractivity contribution in [3.63, 3.8) is 0 Å². The Hall–Kier alpha value is -3.07. The van der Waals surface area contributed by atoms with Crippen LogP contribution < -0.4 is 0 Å². The minimum absolute atomic E-state index is 0.259. The van der Waals surface area contributed by atoms with Crippen LogP contribution in [0.5, 0.6) is 5.75 Å². The maximum Gasteiger partial charge on any atom is 0.117 e. The first kappa shape index (κ1) is 14.5. The summed E-state index contributed by atoms with van der Waals surface area (Å²) in [4.78, 5) is 4.77. The molecular weight excluding hydrogens is 296 g/mol. The summed E-state index contributed by atoms with van der Waals surface area (Å²) in [6.07, 6.45) is 0. The molecule has 0 atom stereocenters. The molecule has 0 aliphatic carbocycles. The minimum atomic E-state index is 0.259. The molecule has 118 valence electrons. The zero-order valence-electron chi connectivity index (χ0n) is 13.7. The average Bonchev–Trinajstić information content (AvgIpc) is 2.90. The maximum atomic E-state index is 9.93. The Morgan fingerprint density at radius 1 is 0.875 bits per heavy atom. The van der Waals surface area contributed by atoms with Crippen LogP contribution in [-0.4, -0.2) is 15.5 Å². The van der Waals surface area contributed by atoms with Gasteiger partial charge in [-0.15, -0.1) is 0 Å². The number of aliphatic imine (C=N–C) groups is 1. The van der Waals surface area contributed by atoms with Crippen molar-refractivity contribution < 1.29 is 5.11 Å². The number of aromatic nitrogens is 1. The highest BCUT2D eigenvalue weighted by atomic mass is 16.3. The van der Waals surface area contributed by atoms with Crippen molar-refractivity contribution in [3.05, 3.63) is 72.3 Å². The van der Waals surface area contributed by atoms with Gasteiger partial charge in [-0.1, -0.05) is 35.9 Å². The first-order valence-electron chi connectivity index (χ1n) is 7.98. The van der Waals surface area contributed by atoms with Crippen LogP contribution in [0.1, 0.15) is 12.5 Å². The molecular formula is C21H18N2O. The second kappa shape index (κ2) is 5.53. The van der Waals surface area contributed by atoms with Gasteiger partial charge in [0.1, 0.15) is 11.6 Å². The van der Waals surface area contributed by atoms with Gasteiger partial charge in [0.05, 0.1) is 16.7 Å². The number of nitrogens with zero attached hydrogens (tertiary/aromatic N) is 2. The summed E-state index contributed by atoms with van der Waals surface area (Å²) in [7, 11) is 0. The smallest absolute Gasteiger partial charge is 0.117 e. The largest absolute Gasteiger partial charge is 0.508 e. The Morgan fingerprint density at radius 2 is 1.58 bits per heavy atom. The SMILES string of the molecule is C/C(=N\c1ccc(C)cc1)n1c2ccccc2c2ccc(O)cc21. The number of benzene rings is 3. The van der Waals surface area contributed by atoms with Crippen LogP contribution >= 0.6 is 0 Å². The molecule has 0 bridgehead atoms. The molecule has 3 nitrogen and oxygen atoms in total. The van der Waals surface area contributed by atoms with Crippen molar-refractivity contribution in [1.29, 1.82) is 0 Å². The van der Waals surface area contributed by atoms with Gasteiger partial charge in [-0.05, 0) is 44.2 Å². The van der Waals surface area contributed by atoms with Crippen LogP contribution in [-0.2, 0) is 0 Å². The predicted molar refractivity (Wildman–Crippen MR) is 100 cm³/mol. The Labute approximate surface area is 140 Å². The molecule has 3 heteroatoms. The molecule has 0 unspecified atom stereocenters. The molecule has 4 aromatic rings. The monoisotopic (exact) mass is 314 g/mol. The zero-order valence-corrected chi connectivity index (χ0v) is 13.7. The fraction of sp³-hybridized carbons (Fsp3) is 0.0952. The fourth-order valence-electron chi connectivity index (χ4n) is 3.16. The molecule has 0 amide bonds. The second-order valence-electron chi connectivity index (χ2n) is 6.05. The van der Waals surface area contributed by atoms with Crippen molar-refractivity contribution in [1.82, 2.24) is 4.57 Å². The standard InChI is InChI=1S/C21H18N2O/c1-14-7-9-16(10-8-14)22-15(2)23-20-6-4-3-5-18(20)19-12-11-17(24)13-21(19)23/h3-13,24H,1-2H3/b22-15+. The molecule has 1 heterocycles. The molecule has 0 spiro atoms. The topological polar surface area (TPSA) is 37.5 Å². The van der Waals surface area contributed by atoms with Gasteiger partial charge in [0.25, 0.3) is 0 Å². The van der Waals surface area contributed by atoms with E-state index in [9.17, 15) is 5.11 Å². The van der Waals surface area contributed by atoms with Gasteiger partial charge in [0.15, 0.2) is 0 Å². The molecule has 0 saturated heterocycles. The lowest BCUT2D eigenvalue weighted by Gasteiger charge is -2.07. The van der Waals surface area contributed by atoms with Crippen LogP contribution in [0.25, 0.3) is 21.8 Å². The van der Waals surface area contributed by atoms with Crippen molar-refractivity contribution in [3.8, 4) is 5.75 Å². The van der Waals surface area contributed by atoms with Gasteiger partial charge >= 0.3 is 0 Å². The molecule has 0 aliphatic heterocycles. The van der Waals surface area contributed by atoms with Gasteiger partial charge < -0.3 is 5.11 Å². The van der Waals surface area contributed by atoms with Gasteiger partial charge in [0, 0.05) is 16.8 Å². The number of para-hydroxylation sites is 1. The van der Waals surface area contributed by atoms with E-state index in [1.807, 2.05) is 37.3 Å². The maximum absolute atomic E-state index is 9.93. The van der Waals surface area contributed by atoms with Crippen molar-refractivity contribution in [2.24, 2.45) is 4.99 Å².